The number of hydrogen-bond donors (Lipinski definition) is 0. The van der Waals surface area contributed by atoms with Gasteiger partial charge in [-0.05, 0) is 17.7 Å². The van der Waals surface area contributed by atoms with E-state index in [1.54, 1.807) is 7.05 Å². The van der Waals surface area contributed by atoms with Crippen LogP contribution in [0.15, 0.2) is 44.4 Å². The predicted octanol–water partition coefficient (Wildman–Crippen LogP) is 1.51. The van der Waals surface area contributed by atoms with Crippen LogP contribution in [0.5, 0.6) is 0 Å². The standard InChI is InChI=1S/C12H11BrN2O2/c1-14-10(7-11(16)15(2)12(14)17)8-3-5-9(13)6-4-8/h3-7H,1-2H3. The average molecular weight is 295 g/mol. The summed E-state index contributed by atoms with van der Waals surface area (Å²) in [6.07, 6.45) is 0. The van der Waals surface area contributed by atoms with Crippen LogP contribution in [0.25, 0.3) is 11.3 Å². The number of halogens is 1. The molecule has 0 aliphatic rings. The van der Waals surface area contributed by atoms with E-state index in [1.807, 2.05) is 24.3 Å². The Balaban J connectivity index is 2.73. The Hall–Kier alpha value is -1.62. The minimum Gasteiger partial charge on any atom is -0.296 e. The highest BCUT2D eigenvalue weighted by Gasteiger charge is 2.07. The second-order valence-electron chi connectivity index (χ2n) is 3.78. The maximum absolute atomic E-state index is 11.8. The molecule has 0 bridgehead atoms. The van der Waals surface area contributed by atoms with Crippen LogP contribution in [0.3, 0.4) is 0 Å². The van der Waals surface area contributed by atoms with Crippen molar-refractivity contribution >= 4 is 15.9 Å². The highest BCUT2D eigenvalue weighted by Crippen LogP contribution is 2.18. The molecule has 0 aliphatic heterocycles. The summed E-state index contributed by atoms with van der Waals surface area (Å²) in [4.78, 5) is 23.4. The number of aromatic nitrogens is 2. The van der Waals surface area contributed by atoms with E-state index >= 15 is 0 Å². The van der Waals surface area contributed by atoms with E-state index in [0.29, 0.717) is 5.69 Å². The summed E-state index contributed by atoms with van der Waals surface area (Å²) in [5, 5.41) is 0. The molecule has 1 aromatic heterocycles. The molecule has 2 aromatic rings. The van der Waals surface area contributed by atoms with Gasteiger partial charge in [-0.3, -0.25) is 13.9 Å². The van der Waals surface area contributed by atoms with Gasteiger partial charge < -0.3 is 0 Å². The van der Waals surface area contributed by atoms with Crippen molar-refractivity contribution in [3.63, 3.8) is 0 Å². The van der Waals surface area contributed by atoms with Gasteiger partial charge in [-0.25, -0.2) is 4.79 Å². The molecule has 0 spiro atoms. The van der Waals surface area contributed by atoms with E-state index in [0.717, 1.165) is 14.6 Å². The molecule has 0 aliphatic carbocycles. The third-order valence-corrected chi connectivity index (χ3v) is 3.19. The summed E-state index contributed by atoms with van der Waals surface area (Å²) in [5.41, 5.74) is 0.831. The van der Waals surface area contributed by atoms with Gasteiger partial charge in [-0.15, -0.1) is 0 Å². The van der Waals surface area contributed by atoms with Gasteiger partial charge in [0, 0.05) is 24.6 Å². The van der Waals surface area contributed by atoms with E-state index in [4.69, 9.17) is 0 Å². The van der Waals surface area contributed by atoms with Gasteiger partial charge in [-0.1, -0.05) is 28.1 Å². The minimum absolute atomic E-state index is 0.300. The average Bonchev–Trinajstić information content (AvgIpc) is 2.32. The fourth-order valence-electron chi connectivity index (χ4n) is 1.63. The highest BCUT2D eigenvalue weighted by atomic mass is 79.9. The molecule has 4 nitrogen and oxygen atoms in total. The SMILES string of the molecule is Cn1c(-c2ccc(Br)cc2)cc(=O)n(C)c1=O. The first-order valence-corrected chi connectivity index (χ1v) is 5.83. The van der Waals surface area contributed by atoms with E-state index in [1.165, 1.54) is 17.7 Å². The summed E-state index contributed by atoms with van der Waals surface area (Å²) < 4.78 is 3.50. The maximum Gasteiger partial charge on any atom is 0.330 e. The molecule has 0 amide bonds. The molecule has 0 atom stereocenters. The van der Waals surface area contributed by atoms with Crippen LogP contribution in [0.2, 0.25) is 0 Å². The van der Waals surface area contributed by atoms with Gasteiger partial charge >= 0.3 is 5.69 Å². The van der Waals surface area contributed by atoms with E-state index in [2.05, 4.69) is 15.9 Å². The molecule has 5 heteroatoms. The predicted molar refractivity (Wildman–Crippen MR) is 70.1 cm³/mol. The van der Waals surface area contributed by atoms with Crippen molar-refractivity contribution in [2.45, 2.75) is 0 Å². The molecular formula is C12H11BrN2O2. The number of benzene rings is 1. The first-order valence-electron chi connectivity index (χ1n) is 5.03. The van der Waals surface area contributed by atoms with Crippen molar-refractivity contribution < 1.29 is 0 Å². The van der Waals surface area contributed by atoms with Gasteiger partial charge in [-0.2, -0.15) is 0 Å². The van der Waals surface area contributed by atoms with Crippen molar-refractivity contribution in [1.29, 1.82) is 0 Å². The van der Waals surface area contributed by atoms with Crippen LogP contribution in [0.1, 0.15) is 0 Å². The largest absolute Gasteiger partial charge is 0.330 e. The van der Waals surface area contributed by atoms with Crippen LogP contribution >= 0.6 is 15.9 Å². The summed E-state index contributed by atoms with van der Waals surface area (Å²) in [7, 11) is 3.12. The molecule has 0 radical (unpaired) electrons. The fraction of sp³-hybridized carbons (Fsp3) is 0.167. The normalized spacial score (nSPS) is 10.5. The Morgan fingerprint density at radius 3 is 2.18 bits per heavy atom. The van der Waals surface area contributed by atoms with Crippen LogP contribution in [0, 0.1) is 0 Å². The van der Waals surface area contributed by atoms with Crippen molar-refractivity contribution in [2.24, 2.45) is 14.1 Å². The molecule has 0 N–H and O–H groups in total. The van der Waals surface area contributed by atoms with Gasteiger partial charge in [0.15, 0.2) is 0 Å². The number of rotatable bonds is 1. The first kappa shape index (κ1) is 11.9. The summed E-state index contributed by atoms with van der Waals surface area (Å²) >= 11 is 3.34. The maximum atomic E-state index is 11.8. The lowest BCUT2D eigenvalue weighted by molar-refractivity contribution is 0.692. The van der Waals surface area contributed by atoms with Gasteiger partial charge in [0.05, 0.1) is 5.69 Å². The molecule has 17 heavy (non-hydrogen) atoms. The van der Waals surface area contributed by atoms with Crippen molar-refractivity contribution in [3.8, 4) is 11.3 Å². The third kappa shape index (κ3) is 2.10. The Morgan fingerprint density at radius 1 is 1.00 bits per heavy atom. The summed E-state index contributed by atoms with van der Waals surface area (Å²) in [6, 6.07) is 8.93. The fourth-order valence-corrected chi connectivity index (χ4v) is 1.89. The number of hydrogen-bond acceptors (Lipinski definition) is 2. The topological polar surface area (TPSA) is 44.0 Å². The third-order valence-electron chi connectivity index (χ3n) is 2.67. The Morgan fingerprint density at radius 2 is 1.59 bits per heavy atom. The molecule has 0 fully saturated rings. The molecule has 0 unspecified atom stereocenters. The van der Waals surface area contributed by atoms with Gasteiger partial charge in [0.2, 0.25) is 0 Å². The van der Waals surface area contributed by atoms with Gasteiger partial charge in [0.1, 0.15) is 0 Å². The summed E-state index contributed by atoms with van der Waals surface area (Å²) in [5.74, 6) is 0. The van der Waals surface area contributed by atoms with Crippen molar-refractivity contribution in [1.82, 2.24) is 9.13 Å². The second-order valence-corrected chi connectivity index (χ2v) is 4.69. The van der Waals surface area contributed by atoms with E-state index in [9.17, 15) is 9.59 Å². The monoisotopic (exact) mass is 294 g/mol. The van der Waals surface area contributed by atoms with Crippen LogP contribution in [-0.4, -0.2) is 9.13 Å². The van der Waals surface area contributed by atoms with Crippen molar-refractivity contribution in [2.75, 3.05) is 0 Å². The lowest BCUT2D eigenvalue weighted by Gasteiger charge is -2.09. The van der Waals surface area contributed by atoms with E-state index in [-0.39, 0.29) is 11.2 Å². The smallest absolute Gasteiger partial charge is 0.296 e. The lowest BCUT2D eigenvalue weighted by atomic mass is 10.1. The molecule has 1 heterocycles. The Bertz CT molecular complexity index is 668. The first-order chi connectivity index (χ1) is 8.00. The Kier molecular flexibility index (Phi) is 3.02. The van der Waals surface area contributed by atoms with Crippen LogP contribution < -0.4 is 11.2 Å². The highest BCUT2D eigenvalue weighted by molar-refractivity contribution is 9.10. The molecule has 0 saturated heterocycles. The molecule has 0 saturated carbocycles. The van der Waals surface area contributed by atoms with Crippen molar-refractivity contribution in [3.05, 3.63) is 55.6 Å². The zero-order valence-corrected chi connectivity index (χ0v) is 11.1. The zero-order chi connectivity index (χ0) is 12.6. The second kappa shape index (κ2) is 4.33. The molecular weight excluding hydrogens is 284 g/mol. The zero-order valence-electron chi connectivity index (χ0n) is 9.48. The van der Waals surface area contributed by atoms with Crippen LogP contribution in [-0.2, 0) is 14.1 Å². The number of nitrogens with zero attached hydrogens (tertiary/aromatic N) is 2. The van der Waals surface area contributed by atoms with E-state index < -0.39 is 0 Å². The van der Waals surface area contributed by atoms with Gasteiger partial charge in [0.25, 0.3) is 5.56 Å². The molecule has 1 aromatic carbocycles. The van der Waals surface area contributed by atoms with Crippen LogP contribution in [0.4, 0.5) is 0 Å². The quantitative estimate of drug-likeness (QED) is 0.800. The summed E-state index contributed by atoms with van der Waals surface area (Å²) in [6.45, 7) is 0. The Labute approximate surface area is 106 Å². The molecule has 88 valence electrons. The lowest BCUT2D eigenvalue weighted by Crippen LogP contribution is -2.36. The minimum atomic E-state index is -0.324. The molecule has 2 rings (SSSR count).